The predicted molar refractivity (Wildman–Crippen MR) is 107 cm³/mol. The number of piperazine rings is 1. The summed E-state index contributed by atoms with van der Waals surface area (Å²) >= 11 is 6.26. The minimum atomic E-state index is 0.0395. The van der Waals surface area contributed by atoms with E-state index in [1.165, 1.54) is 0 Å². The highest BCUT2D eigenvalue weighted by atomic mass is 35.5. The van der Waals surface area contributed by atoms with Crippen LogP contribution in [0.15, 0.2) is 54.6 Å². The Bertz CT molecular complexity index is 766. The Labute approximate surface area is 159 Å². The molecule has 0 spiro atoms. The van der Waals surface area contributed by atoms with Crippen LogP contribution in [-0.4, -0.2) is 43.6 Å². The topological polar surface area (TPSA) is 32.8 Å². The molecule has 0 N–H and O–H groups in total. The number of anilines is 1. The Morgan fingerprint density at radius 2 is 1.77 bits per heavy atom. The van der Waals surface area contributed by atoms with E-state index in [0.717, 1.165) is 35.1 Å². The number of hydrogen-bond acceptors (Lipinski definition) is 3. The molecule has 0 aliphatic carbocycles. The molecule has 0 radical (unpaired) electrons. The van der Waals surface area contributed by atoms with Gasteiger partial charge in [0.25, 0.3) is 0 Å². The molecule has 3 rings (SSSR count). The van der Waals surface area contributed by atoms with Crippen LogP contribution in [0, 0.1) is 0 Å². The molecule has 0 atom stereocenters. The molecule has 4 nitrogen and oxygen atoms in total. The Morgan fingerprint density at radius 3 is 2.42 bits per heavy atom. The van der Waals surface area contributed by atoms with Crippen molar-refractivity contribution in [2.45, 2.75) is 6.92 Å². The summed E-state index contributed by atoms with van der Waals surface area (Å²) in [5, 5.41) is 0.752. The van der Waals surface area contributed by atoms with Crippen LogP contribution in [0.5, 0.6) is 5.75 Å². The van der Waals surface area contributed by atoms with E-state index in [1.807, 2.05) is 66.4 Å². The number of carbonyl (C=O) groups excluding carboxylic acids is 1. The highest BCUT2D eigenvalue weighted by Gasteiger charge is 2.20. The van der Waals surface area contributed by atoms with Crippen molar-refractivity contribution in [2.24, 2.45) is 0 Å². The zero-order chi connectivity index (χ0) is 18.4. The first-order valence-electron chi connectivity index (χ1n) is 8.86. The molecule has 5 heteroatoms. The maximum atomic E-state index is 12.4. The van der Waals surface area contributed by atoms with Gasteiger partial charge in [0.1, 0.15) is 5.75 Å². The summed E-state index contributed by atoms with van der Waals surface area (Å²) in [6.45, 7) is 5.56. The lowest BCUT2D eigenvalue weighted by molar-refractivity contribution is -0.126. The van der Waals surface area contributed by atoms with Crippen LogP contribution in [0.25, 0.3) is 6.08 Å². The minimum absolute atomic E-state index is 0.0395. The smallest absolute Gasteiger partial charge is 0.246 e. The molecule has 136 valence electrons. The van der Waals surface area contributed by atoms with Crippen molar-refractivity contribution >= 4 is 29.3 Å². The van der Waals surface area contributed by atoms with E-state index >= 15 is 0 Å². The largest absolute Gasteiger partial charge is 0.494 e. The summed E-state index contributed by atoms with van der Waals surface area (Å²) < 4.78 is 5.42. The second-order valence-electron chi connectivity index (χ2n) is 6.10. The zero-order valence-corrected chi connectivity index (χ0v) is 15.7. The number of para-hydroxylation sites is 1. The van der Waals surface area contributed by atoms with Crippen molar-refractivity contribution in [1.82, 2.24) is 4.90 Å². The average molecular weight is 371 g/mol. The molecule has 0 bridgehead atoms. The van der Waals surface area contributed by atoms with Crippen LogP contribution in [0.2, 0.25) is 5.02 Å². The van der Waals surface area contributed by atoms with Gasteiger partial charge in [-0.05, 0) is 42.8 Å². The van der Waals surface area contributed by atoms with Crippen LogP contribution in [-0.2, 0) is 4.79 Å². The molecule has 1 aliphatic rings. The summed E-state index contributed by atoms with van der Waals surface area (Å²) in [4.78, 5) is 16.5. The SMILES string of the molecule is CCOc1ccc(/C=C/C(=O)N2CCN(c3ccccc3Cl)CC2)cc1. The van der Waals surface area contributed by atoms with Gasteiger partial charge in [-0.25, -0.2) is 0 Å². The van der Waals surface area contributed by atoms with Gasteiger partial charge in [0, 0.05) is 32.3 Å². The van der Waals surface area contributed by atoms with Gasteiger partial charge in [-0.3, -0.25) is 4.79 Å². The Kier molecular flexibility index (Phi) is 6.18. The van der Waals surface area contributed by atoms with Gasteiger partial charge in [-0.1, -0.05) is 35.9 Å². The Hall–Kier alpha value is -2.46. The molecular formula is C21H23ClN2O2. The van der Waals surface area contributed by atoms with E-state index in [4.69, 9.17) is 16.3 Å². The number of ether oxygens (including phenoxy) is 1. The molecule has 0 aromatic heterocycles. The summed E-state index contributed by atoms with van der Waals surface area (Å²) in [5.41, 5.74) is 2.02. The third kappa shape index (κ3) is 4.58. The first-order chi connectivity index (χ1) is 12.7. The Balaban J connectivity index is 1.54. The molecule has 1 aliphatic heterocycles. The van der Waals surface area contributed by atoms with E-state index in [-0.39, 0.29) is 5.91 Å². The second kappa shape index (κ2) is 8.77. The molecular weight excluding hydrogens is 348 g/mol. The molecule has 26 heavy (non-hydrogen) atoms. The van der Waals surface area contributed by atoms with Crippen molar-refractivity contribution in [3.8, 4) is 5.75 Å². The number of rotatable bonds is 5. The third-order valence-corrected chi connectivity index (χ3v) is 4.71. The summed E-state index contributed by atoms with van der Waals surface area (Å²) in [5.74, 6) is 0.879. The molecule has 2 aromatic carbocycles. The summed E-state index contributed by atoms with van der Waals surface area (Å²) in [6.07, 6.45) is 3.49. The average Bonchev–Trinajstić information content (AvgIpc) is 2.68. The van der Waals surface area contributed by atoms with Crippen molar-refractivity contribution in [1.29, 1.82) is 0 Å². The number of benzene rings is 2. The van der Waals surface area contributed by atoms with E-state index in [1.54, 1.807) is 6.08 Å². The lowest BCUT2D eigenvalue weighted by atomic mass is 10.2. The van der Waals surface area contributed by atoms with Crippen LogP contribution < -0.4 is 9.64 Å². The summed E-state index contributed by atoms with van der Waals surface area (Å²) in [6, 6.07) is 15.6. The number of halogens is 1. The molecule has 0 saturated carbocycles. The van der Waals surface area contributed by atoms with Gasteiger partial charge in [0.15, 0.2) is 0 Å². The maximum Gasteiger partial charge on any atom is 0.246 e. The third-order valence-electron chi connectivity index (χ3n) is 4.39. The van der Waals surface area contributed by atoms with Crippen molar-refractivity contribution in [2.75, 3.05) is 37.7 Å². The van der Waals surface area contributed by atoms with Crippen LogP contribution in [0.1, 0.15) is 12.5 Å². The summed E-state index contributed by atoms with van der Waals surface area (Å²) in [7, 11) is 0. The van der Waals surface area contributed by atoms with Crippen LogP contribution >= 0.6 is 11.6 Å². The predicted octanol–water partition coefficient (Wildman–Crippen LogP) is 4.10. The number of amides is 1. The monoisotopic (exact) mass is 370 g/mol. The van der Waals surface area contributed by atoms with Crippen LogP contribution in [0.3, 0.4) is 0 Å². The van der Waals surface area contributed by atoms with Gasteiger partial charge in [-0.2, -0.15) is 0 Å². The highest BCUT2D eigenvalue weighted by Crippen LogP contribution is 2.26. The van der Waals surface area contributed by atoms with E-state index in [2.05, 4.69) is 4.90 Å². The highest BCUT2D eigenvalue weighted by molar-refractivity contribution is 6.33. The normalized spacial score (nSPS) is 14.7. The number of nitrogens with zero attached hydrogens (tertiary/aromatic N) is 2. The van der Waals surface area contributed by atoms with Crippen LogP contribution in [0.4, 0.5) is 5.69 Å². The number of carbonyl (C=O) groups is 1. The van der Waals surface area contributed by atoms with Gasteiger partial charge >= 0.3 is 0 Å². The molecule has 2 aromatic rings. The fraction of sp³-hybridized carbons (Fsp3) is 0.286. The fourth-order valence-electron chi connectivity index (χ4n) is 2.99. The van der Waals surface area contributed by atoms with E-state index in [0.29, 0.717) is 19.7 Å². The van der Waals surface area contributed by atoms with E-state index < -0.39 is 0 Å². The fourth-order valence-corrected chi connectivity index (χ4v) is 3.25. The van der Waals surface area contributed by atoms with Crippen molar-refractivity contribution in [3.05, 3.63) is 65.2 Å². The maximum absolute atomic E-state index is 12.4. The van der Waals surface area contributed by atoms with Gasteiger partial charge in [0.05, 0.1) is 17.3 Å². The van der Waals surface area contributed by atoms with E-state index in [9.17, 15) is 4.79 Å². The second-order valence-corrected chi connectivity index (χ2v) is 6.51. The molecule has 1 fully saturated rings. The van der Waals surface area contributed by atoms with Gasteiger partial charge in [0.2, 0.25) is 5.91 Å². The quantitative estimate of drug-likeness (QED) is 0.743. The Morgan fingerprint density at radius 1 is 1.08 bits per heavy atom. The first-order valence-corrected chi connectivity index (χ1v) is 9.24. The van der Waals surface area contributed by atoms with Crippen molar-refractivity contribution in [3.63, 3.8) is 0 Å². The minimum Gasteiger partial charge on any atom is -0.494 e. The standard InChI is InChI=1S/C21H23ClN2O2/c1-2-26-18-10-7-17(8-11-18)9-12-21(25)24-15-13-23(14-16-24)20-6-4-3-5-19(20)22/h3-12H,2,13-16H2,1H3/b12-9+. The zero-order valence-electron chi connectivity index (χ0n) is 14.9. The molecule has 1 heterocycles. The van der Waals surface area contributed by atoms with Gasteiger partial charge < -0.3 is 14.5 Å². The lowest BCUT2D eigenvalue weighted by Crippen LogP contribution is -2.48. The molecule has 1 amide bonds. The first kappa shape index (κ1) is 18.3. The lowest BCUT2D eigenvalue weighted by Gasteiger charge is -2.36. The van der Waals surface area contributed by atoms with Crippen molar-refractivity contribution < 1.29 is 9.53 Å². The molecule has 0 unspecified atom stereocenters. The van der Waals surface area contributed by atoms with Gasteiger partial charge in [-0.15, -0.1) is 0 Å². The molecule has 1 saturated heterocycles. The number of hydrogen-bond donors (Lipinski definition) is 0.